The van der Waals surface area contributed by atoms with Gasteiger partial charge in [-0.1, -0.05) is 0 Å². The van der Waals surface area contributed by atoms with Crippen LogP contribution in [0.3, 0.4) is 0 Å². The molecule has 0 saturated carbocycles. The second kappa shape index (κ2) is 6.26. The van der Waals surface area contributed by atoms with E-state index in [0.29, 0.717) is 23.6 Å². The monoisotopic (exact) mass is 289 g/mol. The maximum Gasteiger partial charge on any atom is 0.162 e. The summed E-state index contributed by atoms with van der Waals surface area (Å²) in [6.07, 6.45) is 0. The van der Waals surface area contributed by atoms with E-state index in [1.165, 1.54) is 12.1 Å². The highest BCUT2D eigenvalue weighted by Crippen LogP contribution is 2.33. The molecule has 0 bridgehead atoms. The van der Waals surface area contributed by atoms with Gasteiger partial charge in [0.1, 0.15) is 11.5 Å². The Morgan fingerprint density at radius 2 is 1.67 bits per heavy atom. The lowest BCUT2D eigenvalue weighted by atomic mass is 10.1. The minimum Gasteiger partial charge on any atom is -0.508 e. The molecule has 0 amide bonds. The van der Waals surface area contributed by atoms with Crippen LogP contribution in [-0.4, -0.2) is 24.4 Å². The molecule has 0 heterocycles. The molecule has 0 aliphatic rings. The SMILES string of the molecule is COc1cc(C)c(NCc2ccc(O)cc2O)cc1OC. The Morgan fingerprint density at radius 1 is 1.00 bits per heavy atom. The van der Waals surface area contributed by atoms with Gasteiger partial charge in [0.15, 0.2) is 11.5 Å². The Labute approximate surface area is 123 Å². The van der Waals surface area contributed by atoms with Crippen molar-refractivity contribution in [3.63, 3.8) is 0 Å². The molecule has 21 heavy (non-hydrogen) atoms. The number of aryl methyl sites for hydroxylation is 1. The summed E-state index contributed by atoms with van der Waals surface area (Å²) in [5.41, 5.74) is 2.59. The van der Waals surface area contributed by atoms with Crippen molar-refractivity contribution in [3.8, 4) is 23.0 Å². The summed E-state index contributed by atoms with van der Waals surface area (Å²) in [4.78, 5) is 0. The predicted octanol–water partition coefficient (Wildman–Crippen LogP) is 3.04. The smallest absolute Gasteiger partial charge is 0.162 e. The van der Waals surface area contributed by atoms with Crippen LogP contribution in [0.5, 0.6) is 23.0 Å². The summed E-state index contributed by atoms with van der Waals surface area (Å²) in [6.45, 7) is 2.39. The second-order valence-corrected chi connectivity index (χ2v) is 4.69. The van der Waals surface area contributed by atoms with E-state index in [1.807, 2.05) is 19.1 Å². The number of hydrogen-bond donors (Lipinski definition) is 3. The van der Waals surface area contributed by atoms with Crippen LogP contribution in [0.4, 0.5) is 5.69 Å². The number of aromatic hydroxyl groups is 2. The molecule has 0 aliphatic heterocycles. The van der Waals surface area contributed by atoms with Gasteiger partial charge in [0.2, 0.25) is 0 Å². The molecule has 112 valence electrons. The third kappa shape index (κ3) is 3.31. The van der Waals surface area contributed by atoms with E-state index >= 15 is 0 Å². The van der Waals surface area contributed by atoms with Crippen molar-refractivity contribution in [2.45, 2.75) is 13.5 Å². The number of phenols is 2. The molecule has 5 heteroatoms. The van der Waals surface area contributed by atoms with E-state index in [2.05, 4.69) is 5.32 Å². The lowest BCUT2D eigenvalue weighted by molar-refractivity contribution is 0.355. The zero-order valence-corrected chi connectivity index (χ0v) is 12.3. The first-order valence-corrected chi connectivity index (χ1v) is 6.52. The number of phenolic OH excluding ortho intramolecular Hbond substituents is 2. The summed E-state index contributed by atoms with van der Waals surface area (Å²) in [5, 5.41) is 22.3. The topological polar surface area (TPSA) is 71.0 Å². The molecule has 0 saturated heterocycles. The lowest BCUT2D eigenvalue weighted by Gasteiger charge is -2.15. The minimum atomic E-state index is 0.0403. The molecular weight excluding hydrogens is 270 g/mol. The number of hydrogen-bond acceptors (Lipinski definition) is 5. The average molecular weight is 289 g/mol. The first-order valence-electron chi connectivity index (χ1n) is 6.52. The highest BCUT2D eigenvalue weighted by molar-refractivity contribution is 5.60. The zero-order valence-electron chi connectivity index (χ0n) is 12.3. The molecule has 2 aromatic rings. The van der Waals surface area contributed by atoms with Crippen molar-refractivity contribution in [3.05, 3.63) is 41.5 Å². The molecule has 3 N–H and O–H groups in total. The van der Waals surface area contributed by atoms with Gasteiger partial charge in [-0.15, -0.1) is 0 Å². The molecule has 5 nitrogen and oxygen atoms in total. The van der Waals surface area contributed by atoms with Gasteiger partial charge in [-0.2, -0.15) is 0 Å². The first-order chi connectivity index (χ1) is 10.0. The summed E-state index contributed by atoms with van der Waals surface area (Å²) in [7, 11) is 3.18. The van der Waals surface area contributed by atoms with E-state index in [4.69, 9.17) is 9.47 Å². The number of benzene rings is 2. The third-order valence-electron chi connectivity index (χ3n) is 3.27. The molecule has 2 rings (SSSR count). The fourth-order valence-electron chi connectivity index (χ4n) is 2.06. The third-order valence-corrected chi connectivity index (χ3v) is 3.27. The Hall–Kier alpha value is -2.56. The van der Waals surface area contributed by atoms with E-state index in [0.717, 1.165) is 11.3 Å². The lowest BCUT2D eigenvalue weighted by Crippen LogP contribution is -2.02. The van der Waals surface area contributed by atoms with Crippen LogP contribution >= 0.6 is 0 Å². The Kier molecular flexibility index (Phi) is 4.42. The van der Waals surface area contributed by atoms with Gasteiger partial charge in [0.25, 0.3) is 0 Å². The van der Waals surface area contributed by atoms with Gasteiger partial charge in [0.05, 0.1) is 14.2 Å². The quantitative estimate of drug-likeness (QED) is 0.789. The van der Waals surface area contributed by atoms with Crippen molar-refractivity contribution >= 4 is 5.69 Å². The summed E-state index contributed by atoms with van der Waals surface area (Å²) < 4.78 is 10.5. The maximum absolute atomic E-state index is 9.78. The fraction of sp³-hybridized carbons (Fsp3) is 0.250. The molecule has 0 radical (unpaired) electrons. The van der Waals surface area contributed by atoms with E-state index < -0.39 is 0 Å². The molecule has 0 aromatic heterocycles. The van der Waals surface area contributed by atoms with Crippen LogP contribution in [0, 0.1) is 6.92 Å². The Morgan fingerprint density at radius 3 is 2.29 bits per heavy atom. The maximum atomic E-state index is 9.78. The summed E-state index contributed by atoms with van der Waals surface area (Å²) >= 11 is 0. The van der Waals surface area contributed by atoms with E-state index in [-0.39, 0.29) is 11.5 Å². The van der Waals surface area contributed by atoms with Gasteiger partial charge < -0.3 is 25.0 Å². The van der Waals surface area contributed by atoms with Gasteiger partial charge in [0, 0.05) is 29.9 Å². The zero-order chi connectivity index (χ0) is 15.4. The molecule has 0 unspecified atom stereocenters. The molecule has 0 aliphatic carbocycles. The van der Waals surface area contributed by atoms with Crippen molar-refractivity contribution < 1.29 is 19.7 Å². The van der Waals surface area contributed by atoms with Crippen LogP contribution in [-0.2, 0) is 6.54 Å². The number of nitrogens with one attached hydrogen (secondary N) is 1. The molecular formula is C16H19NO4. The van der Waals surface area contributed by atoms with Crippen molar-refractivity contribution in [2.75, 3.05) is 19.5 Å². The fourth-order valence-corrected chi connectivity index (χ4v) is 2.06. The van der Waals surface area contributed by atoms with Crippen molar-refractivity contribution in [1.29, 1.82) is 0 Å². The second-order valence-electron chi connectivity index (χ2n) is 4.69. The molecule has 0 fully saturated rings. The van der Waals surface area contributed by atoms with E-state index in [9.17, 15) is 10.2 Å². The van der Waals surface area contributed by atoms with Crippen molar-refractivity contribution in [1.82, 2.24) is 0 Å². The largest absolute Gasteiger partial charge is 0.508 e. The highest BCUT2D eigenvalue weighted by atomic mass is 16.5. The molecule has 2 aromatic carbocycles. The first kappa shape index (κ1) is 14.8. The summed E-state index contributed by atoms with van der Waals surface area (Å²) in [6, 6.07) is 8.27. The standard InChI is InChI=1S/C16H19NO4/c1-10-6-15(20-2)16(21-3)8-13(10)17-9-11-4-5-12(18)7-14(11)19/h4-8,17-19H,9H2,1-3H3. The van der Waals surface area contributed by atoms with Crippen LogP contribution in [0.2, 0.25) is 0 Å². The average Bonchev–Trinajstić information content (AvgIpc) is 2.47. The molecule has 0 atom stereocenters. The van der Waals surface area contributed by atoms with Gasteiger partial charge >= 0.3 is 0 Å². The van der Waals surface area contributed by atoms with Crippen LogP contribution in [0.25, 0.3) is 0 Å². The normalized spacial score (nSPS) is 10.2. The predicted molar refractivity (Wildman–Crippen MR) is 81.4 cm³/mol. The number of ether oxygens (including phenoxy) is 2. The Bertz CT molecular complexity index is 640. The minimum absolute atomic E-state index is 0.0403. The van der Waals surface area contributed by atoms with Gasteiger partial charge in [-0.05, 0) is 30.7 Å². The van der Waals surface area contributed by atoms with E-state index in [1.54, 1.807) is 20.3 Å². The van der Waals surface area contributed by atoms with Crippen LogP contribution in [0.15, 0.2) is 30.3 Å². The Balaban J connectivity index is 2.19. The number of rotatable bonds is 5. The number of anilines is 1. The molecule has 0 spiro atoms. The summed E-state index contributed by atoms with van der Waals surface area (Å²) in [5.74, 6) is 1.41. The highest BCUT2D eigenvalue weighted by Gasteiger charge is 2.09. The van der Waals surface area contributed by atoms with Gasteiger partial charge in [-0.3, -0.25) is 0 Å². The van der Waals surface area contributed by atoms with Crippen molar-refractivity contribution in [2.24, 2.45) is 0 Å². The van der Waals surface area contributed by atoms with Crippen LogP contribution in [0.1, 0.15) is 11.1 Å². The van der Waals surface area contributed by atoms with Gasteiger partial charge in [-0.25, -0.2) is 0 Å². The van der Waals surface area contributed by atoms with Crippen LogP contribution < -0.4 is 14.8 Å². The number of methoxy groups -OCH3 is 2.